The van der Waals surface area contributed by atoms with Crippen molar-refractivity contribution < 1.29 is 13.2 Å². The van der Waals surface area contributed by atoms with Crippen molar-refractivity contribution in [3.05, 3.63) is 29.8 Å². The number of likely N-dealkylation sites (tertiary alicyclic amines) is 1. The molecule has 2 atom stereocenters. The first-order chi connectivity index (χ1) is 12.5. The van der Waals surface area contributed by atoms with E-state index in [1.807, 2.05) is 4.90 Å². The van der Waals surface area contributed by atoms with Crippen LogP contribution in [0.5, 0.6) is 0 Å². The number of hydrogen-bond donors (Lipinski definition) is 2. The molecule has 3 N–H and O–H groups in total. The zero-order chi connectivity index (χ0) is 18.7. The van der Waals surface area contributed by atoms with Gasteiger partial charge in [0.05, 0.1) is 4.90 Å². The van der Waals surface area contributed by atoms with Crippen LogP contribution in [0.25, 0.3) is 0 Å². The third-order valence-electron chi connectivity index (χ3n) is 4.99. The fourth-order valence-corrected chi connectivity index (χ4v) is 4.70. The van der Waals surface area contributed by atoms with Gasteiger partial charge in [-0.25, -0.2) is 8.42 Å². The van der Waals surface area contributed by atoms with Crippen molar-refractivity contribution >= 4 is 21.8 Å². The van der Waals surface area contributed by atoms with Gasteiger partial charge in [-0.05, 0) is 37.4 Å². The minimum atomic E-state index is -3.60. The van der Waals surface area contributed by atoms with E-state index in [2.05, 4.69) is 16.6 Å². The molecule has 1 aromatic carbocycles. The zero-order valence-electron chi connectivity index (χ0n) is 15.0. The van der Waals surface area contributed by atoms with Gasteiger partial charge in [-0.3, -0.25) is 14.5 Å². The van der Waals surface area contributed by atoms with Crippen molar-refractivity contribution in [2.24, 2.45) is 16.6 Å². The molecule has 1 fully saturated rings. The Balaban J connectivity index is 1.87. The molecule has 8 heteroatoms. The standard InChI is InChI=1S/C18H26N4O3S/c1-2-3-7-15(18(23)22-10-9-13(11-19)12-22)20-17-14-6-4-5-8-16(14)26(24,25)21-17/h4-6,8,13,15H,2-3,7,9-12,19H2,1H3,(H,20,21). The van der Waals surface area contributed by atoms with E-state index in [0.717, 1.165) is 19.3 Å². The molecule has 1 amide bonds. The maximum atomic E-state index is 13.0. The summed E-state index contributed by atoms with van der Waals surface area (Å²) in [5.74, 6) is 0.569. The van der Waals surface area contributed by atoms with Crippen LogP contribution in [-0.4, -0.2) is 50.7 Å². The highest BCUT2D eigenvalue weighted by molar-refractivity contribution is 7.90. The van der Waals surface area contributed by atoms with Gasteiger partial charge in [0, 0.05) is 18.7 Å². The van der Waals surface area contributed by atoms with Crippen LogP contribution in [0.4, 0.5) is 0 Å². The molecule has 2 heterocycles. The van der Waals surface area contributed by atoms with Crippen molar-refractivity contribution in [2.45, 2.75) is 43.5 Å². The van der Waals surface area contributed by atoms with Crippen molar-refractivity contribution in [3.8, 4) is 0 Å². The minimum absolute atomic E-state index is 0.0366. The van der Waals surface area contributed by atoms with Crippen molar-refractivity contribution in [3.63, 3.8) is 0 Å². The SMILES string of the molecule is CCCCC(N=C1NS(=O)(=O)c2ccccc21)C(=O)N1CCC(CN)C1. The molecule has 7 nitrogen and oxygen atoms in total. The number of carbonyl (C=O) groups excluding carboxylic acids is 1. The summed E-state index contributed by atoms with van der Waals surface area (Å²) in [5.41, 5.74) is 6.26. The number of nitrogens with zero attached hydrogens (tertiary/aromatic N) is 2. The molecule has 1 saturated heterocycles. The van der Waals surface area contributed by atoms with Gasteiger partial charge in [0.2, 0.25) is 5.91 Å². The molecule has 0 radical (unpaired) electrons. The van der Waals surface area contributed by atoms with Crippen LogP contribution < -0.4 is 10.5 Å². The second-order valence-corrected chi connectivity index (χ2v) is 8.56. The zero-order valence-corrected chi connectivity index (χ0v) is 15.8. The number of nitrogens with two attached hydrogens (primary N) is 1. The van der Waals surface area contributed by atoms with Crippen LogP contribution in [0.2, 0.25) is 0 Å². The van der Waals surface area contributed by atoms with Gasteiger partial charge in [0.1, 0.15) is 11.9 Å². The monoisotopic (exact) mass is 378 g/mol. The predicted octanol–water partition coefficient (Wildman–Crippen LogP) is 1.09. The molecule has 3 rings (SSSR count). The number of fused-ring (bicyclic) bond motifs is 1. The summed E-state index contributed by atoms with van der Waals surface area (Å²) >= 11 is 0. The fraction of sp³-hybridized carbons (Fsp3) is 0.556. The van der Waals surface area contributed by atoms with Gasteiger partial charge in [-0.1, -0.05) is 31.9 Å². The van der Waals surface area contributed by atoms with E-state index >= 15 is 0 Å². The summed E-state index contributed by atoms with van der Waals surface area (Å²) < 4.78 is 27.0. The molecule has 0 saturated carbocycles. The Labute approximate surface area is 154 Å². The number of unbranched alkanes of at least 4 members (excludes halogenated alkanes) is 1. The van der Waals surface area contributed by atoms with Crippen LogP contribution in [0, 0.1) is 5.92 Å². The molecule has 2 aliphatic heterocycles. The van der Waals surface area contributed by atoms with Crippen LogP contribution in [0.3, 0.4) is 0 Å². The molecule has 2 unspecified atom stereocenters. The van der Waals surface area contributed by atoms with Crippen molar-refractivity contribution in [1.82, 2.24) is 9.62 Å². The van der Waals surface area contributed by atoms with E-state index in [0.29, 0.717) is 37.5 Å². The number of sulfonamides is 1. The molecule has 2 aliphatic rings. The number of amidine groups is 1. The number of benzene rings is 1. The number of amides is 1. The number of rotatable bonds is 6. The molecule has 0 aromatic heterocycles. The number of hydrogen-bond acceptors (Lipinski definition) is 5. The number of nitrogens with one attached hydrogen (secondary N) is 1. The highest BCUT2D eigenvalue weighted by Gasteiger charge is 2.34. The van der Waals surface area contributed by atoms with E-state index < -0.39 is 16.1 Å². The van der Waals surface area contributed by atoms with Gasteiger partial charge >= 0.3 is 0 Å². The lowest BCUT2D eigenvalue weighted by atomic mass is 10.1. The molecular weight excluding hydrogens is 352 g/mol. The Kier molecular flexibility index (Phi) is 5.62. The molecule has 0 spiro atoms. The summed E-state index contributed by atoms with van der Waals surface area (Å²) in [6, 6.07) is 6.14. The Morgan fingerprint density at radius 2 is 2.19 bits per heavy atom. The first-order valence-electron chi connectivity index (χ1n) is 9.15. The average molecular weight is 378 g/mol. The lowest BCUT2D eigenvalue weighted by molar-refractivity contribution is -0.131. The van der Waals surface area contributed by atoms with Gasteiger partial charge in [-0.2, -0.15) is 0 Å². The Bertz CT molecular complexity index is 806. The summed E-state index contributed by atoms with van der Waals surface area (Å²) in [7, 11) is -3.60. The molecule has 1 aromatic rings. The van der Waals surface area contributed by atoms with Crippen LogP contribution in [0.1, 0.15) is 38.2 Å². The third-order valence-corrected chi connectivity index (χ3v) is 6.39. The molecule has 26 heavy (non-hydrogen) atoms. The fourth-order valence-electron chi connectivity index (χ4n) is 3.46. The normalized spacial score (nSPS) is 23.7. The predicted molar refractivity (Wildman–Crippen MR) is 100 cm³/mol. The third kappa shape index (κ3) is 3.76. The van der Waals surface area contributed by atoms with Gasteiger partial charge < -0.3 is 10.6 Å². The van der Waals surface area contributed by atoms with E-state index in [9.17, 15) is 13.2 Å². The number of aliphatic imine (C=N–C) groups is 1. The summed E-state index contributed by atoms with van der Waals surface area (Å²) in [6.45, 7) is 3.98. The maximum absolute atomic E-state index is 13.0. The van der Waals surface area contributed by atoms with Crippen LogP contribution in [-0.2, 0) is 14.8 Å². The lowest BCUT2D eigenvalue weighted by Crippen LogP contribution is -2.38. The summed E-state index contributed by atoms with van der Waals surface area (Å²) in [5, 5.41) is 0. The Morgan fingerprint density at radius 1 is 1.42 bits per heavy atom. The molecule has 0 aliphatic carbocycles. The van der Waals surface area contributed by atoms with Gasteiger partial charge in [-0.15, -0.1) is 0 Å². The van der Waals surface area contributed by atoms with Gasteiger partial charge in [0.15, 0.2) is 0 Å². The van der Waals surface area contributed by atoms with Crippen molar-refractivity contribution in [1.29, 1.82) is 0 Å². The molecular formula is C18H26N4O3S. The first-order valence-corrected chi connectivity index (χ1v) is 10.6. The quantitative estimate of drug-likeness (QED) is 0.773. The number of carbonyl (C=O) groups is 1. The van der Waals surface area contributed by atoms with E-state index in [-0.39, 0.29) is 16.6 Å². The molecule has 142 valence electrons. The highest BCUT2D eigenvalue weighted by atomic mass is 32.2. The minimum Gasteiger partial charge on any atom is -0.341 e. The van der Waals surface area contributed by atoms with E-state index in [4.69, 9.17) is 5.73 Å². The maximum Gasteiger partial charge on any atom is 0.263 e. The largest absolute Gasteiger partial charge is 0.341 e. The lowest BCUT2D eigenvalue weighted by Gasteiger charge is -2.21. The molecule has 0 bridgehead atoms. The highest BCUT2D eigenvalue weighted by Crippen LogP contribution is 2.24. The summed E-state index contributed by atoms with van der Waals surface area (Å²) in [4.78, 5) is 19.6. The Hall–Kier alpha value is -1.93. The summed E-state index contributed by atoms with van der Waals surface area (Å²) in [6.07, 6.45) is 3.32. The smallest absolute Gasteiger partial charge is 0.263 e. The van der Waals surface area contributed by atoms with E-state index in [1.54, 1.807) is 24.3 Å². The average Bonchev–Trinajstić information content (AvgIpc) is 3.21. The van der Waals surface area contributed by atoms with Crippen LogP contribution in [0.15, 0.2) is 34.2 Å². The second kappa shape index (κ2) is 7.75. The topological polar surface area (TPSA) is 105 Å². The van der Waals surface area contributed by atoms with Gasteiger partial charge in [0.25, 0.3) is 10.0 Å². The van der Waals surface area contributed by atoms with Crippen LogP contribution >= 0.6 is 0 Å². The second-order valence-electron chi connectivity index (χ2n) is 6.91. The first kappa shape index (κ1) is 18.8. The Morgan fingerprint density at radius 3 is 2.88 bits per heavy atom. The van der Waals surface area contributed by atoms with Crippen molar-refractivity contribution in [2.75, 3.05) is 19.6 Å². The van der Waals surface area contributed by atoms with E-state index in [1.165, 1.54) is 0 Å².